The zero-order valence-corrected chi connectivity index (χ0v) is 14.4. The molecule has 1 fully saturated rings. The normalized spacial score (nSPS) is 22.1. The van der Waals surface area contributed by atoms with Gasteiger partial charge in [0.25, 0.3) is 0 Å². The average molecular weight is 376 g/mol. The van der Waals surface area contributed by atoms with Gasteiger partial charge in [0.1, 0.15) is 12.2 Å². The number of hydrogen-bond acceptors (Lipinski definition) is 5. The predicted molar refractivity (Wildman–Crippen MR) is 80.8 cm³/mol. The Morgan fingerprint density at radius 1 is 1.50 bits per heavy atom. The minimum absolute atomic E-state index is 0.0291. The van der Waals surface area contributed by atoms with Crippen LogP contribution in [0.15, 0.2) is 4.52 Å². The lowest BCUT2D eigenvalue weighted by Gasteiger charge is -2.21. The summed E-state index contributed by atoms with van der Waals surface area (Å²) in [5, 5.41) is 3.76. The maximum Gasteiger partial charge on any atom is 0.240 e. The quantitative estimate of drug-likeness (QED) is 0.582. The van der Waals surface area contributed by atoms with Crippen molar-refractivity contribution in [3.8, 4) is 0 Å². The zero-order chi connectivity index (χ0) is 16.5. The maximum absolute atomic E-state index is 13.6. The number of Topliss-reactive ketones (excluding diaryl/α,β-unsaturated/α-hetero) is 1. The van der Waals surface area contributed by atoms with Gasteiger partial charge in [0.15, 0.2) is 0 Å². The number of halogens is 2. The number of ketones is 1. The standard InChI is InChI=1S/C14H19BrFN3O3/c1-4-14(2,3)13-17-12(18-22-13)11(21)9-5-8(16)7-19(9)10(20)6-15/h8-9H,4-7H2,1-3H3/t8-,9-/m0/s1. The number of likely N-dealkylation sites (tertiary alicyclic amines) is 1. The summed E-state index contributed by atoms with van der Waals surface area (Å²) < 4.78 is 18.8. The molecule has 1 aliphatic rings. The lowest BCUT2D eigenvalue weighted by molar-refractivity contribution is -0.128. The van der Waals surface area contributed by atoms with Gasteiger partial charge in [0.2, 0.25) is 23.4 Å². The first-order valence-corrected chi connectivity index (χ1v) is 8.30. The summed E-state index contributed by atoms with van der Waals surface area (Å²) >= 11 is 3.04. The smallest absolute Gasteiger partial charge is 0.240 e. The fraction of sp³-hybridized carbons (Fsp3) is 0.714. The molecule has 122 valence electrons. The van der Waals surface area contributed by atoms with Crippen molar-refractivity contribution in [3.05, 3.63) is 11.7 Å². The van der Waals surface area contributed by atoms with Gasteiger partial charge in [-0.1, -0.05) is 41.9 Å². The fourth-order valence-electron chi connectivity index (χ4n) is 2.28. The second kappa shape index (κ2) is 6.44. The lowest BCUT2D eigenvalue weighted by atomic mass is 9.90. The van der Waals surface area contributed by atoms with Crippen molar-refractivity contribution in [2.75, 3.05) is 11.9 Å². The third kappa shape index (κ3) is 3.21. The Hall–Kier alpha value is -1.31. The van der Waals surface area contributed by atoms with Crippen LogP contribution in [0, 0.1) is 0 Å². The molecule has 0 spiro atoms. The van der Waals surface area contributed by atoms with E-state index in [9.17, 15) is 14.0 Å². The average Bonchev–Trinajstić information content (AvgIpc) is 3.12. The Balaban J connectivity index is 2.22. The van der Waals surface area contributed by atoms with E-state index < -0.39 is 18.0 Å². The molecule has 6 nitrogen and oxygen atoms in total. The molecule has 0 bridgehead atoms. The Bertz CT molecular complexity index is 575. The van der Waals surface area contributed by atoms with Crippen LogP contribution in [0.25, 0.3) is 0 Å². The molecule has 22 heavy (non-hydrogen) atoms. The highest BCUT2D eigenvalue weighted by molar-refractivity contribution is 9.09. The van der Waals surface area contributed by atoms with Crippen molar-refractivity contribution in [2.45, 2.75) is 51.2 Å². The van der Waals surface area contributed by atoms with Crippen LogP contribution in [0.3, 0.4) is 0 Å². The molecule has 2 rings (SSSR count). The Morgan fingerprint density at radius 2 is 2.18 bits per heavy atom. The maximum atomic E-state index is 13.6. The van der Waals surface area contributed by atoms with Crippen LogP contribution in [-0.4, -0.2) is 50.8 Å². The van der Waals surface area contributed by atoms with Crippen molar-refractivity contribution < 1.29 is 18.5 Å². The van der Waals surface area contributed by atoms with Crippen LogP contribution in [0.2, 0.25) is 0 Å². The number of carbonyl (C=O) groups is 2. The van der Waals surface area contributed by atoms with Gasteiger partial charge in [-0.15, -0.1) is 0 Å². The molecule has 1 saturated heterocycles. The second-order valence-corrected chi connectivity index (χ2v) is 6.61. The van der Waals surface area contributed by atoms with Crippen LogP contribution >= 0.6 is 15.9 Å². The molecule has 2 heterocycles. The van der Waals surface area contributed by atoms with Crippen molar-refractivity contribution in [3.63, 3.8) is 0 Å². The van der Waals surface area contributed by atoms with Gasteiger partial charge in [0, 0.05) is 11.8 Å². The second-order valence-electron chi connectivity index (χ2n) is 6.05. The number of nitrogens with zero attached hydrogens (tertiary/aromatic N) is 3. The minimum atomic E-state index is -1.21. The van der Waals surface area contributed by atoms with Gasteiger partial charge in [-0.25, -0.2) is 4.39 Å². The third-order valence-electron chi connectivity index (χ3n) is 4.10. The number of aromatic nitrogens is 2. The first kappa shape index (κ1) is 17.1. The van der Waals surface area contributed by atoms with Crippen LogP contribution < -0.4 is 0 Å². The molecule has 0 N–H and O–H groups in total. The molecule has 1 aliphatic heterocycles. The van der Waals surface area contributed by atoms with Crippen LogP contribution in [0.4, 0.5) is 4.39 Å². The van der Waals surface area contributed by atoms with E-state index in [0.29, 0.717) is 5.89 Å². The molecule has 0 saturated carbocycles. The Morgan fingerprint density at radius 3 is 2.77 bits per heavy atom. The molecule has 2 atom stereocenters. The Labute approximate surface area is 136 Å². The van der Waals surface area contributed by atoms with E-state index in [-0.39, 0.29) is 35.4 Å². The highest BCUT2D eigenvalue weighted by Crippen LogP contribution is 2.27. The van der Waals surface area contributed by atoms with Gasteiger partial charge in [-0.3, -0.25) is 9.59 Å². The van der Waals surface area contributed by atoms with Crippen molar-refractivity contribution in [1.29, 1.82) is 0 Å². The van der Waals surface area contributed by atoms with Gasteiger partial charge in [-0.05, 0) is 6.42 Å². The van der Waals surface area contributed by atoms with E-state index in [1.165, 1.54) is 4.90 Å². The van der Waals surface area contributed by atoms with Crippen LogP contribution in [0.1, 0.15) is 50.1 Å². The minimum Gasteiger partial charge on any atom is -0.338 e. The van der Waals surface area contributed by atoms with Crippen molar-refractivity contribution in [2.24, 2.45) is 0 Å². The predicted octanol–water partition coefficient (Wildman–Crippen LogP) is 2.27. The van der Waals surface area contributed by atoms with Crippen molar-refractivity contribution in [1.82, 2.24) is 15.0 Å². The summed E-state index contributed by atoms with van der Waals surface area (Å²) in [4.78, 5) is 29.7. The van der Waals surface area contributed by atoms with Gasteiger partial charge < -0.3 is 9.42 Å². The summed E-state index contributed by atoms with van der Waals surface area (Å²) in [7, 11) is 0. The highest BCUT2D eigenvalue weighted by atomic mass is 79.9. The summed E-state index contributed by atoms with van der Waals surface area (Å²) in [6.45, 7) is 5.77. The number of rotatable bonds is 5. The van der Waals surface area contributed by atoms with E-state index in [2.05, 4.69) is 26.1 Å². The number of hydrogen-bond donors (Lipinski definition) is 0. The third-order valence-corrected chi connectivity index (χ3v) is 4.58. The van der Waals surface area contributed by atoms with Gasteiger partial charge in [-0.2, -0.15) is 4.98 Å². The number of amides is 1. The summed E-state index contributed by atoms with van der Waals surface area (Å²) in [6, 6.07) is -0.866. The molecule has 0 aromatic carbocycles. The number of alkyl halides is 2. The van der Waals surface area contributed by atoms with E-state index in [1.807, 2.05) is 20.8 Å². The van der Waals surface area contributed by atoms with E-state index >= 15 is 0 Å². The van der Waals surface area contributed by atoms with Gasteiger partial charge >= 0.3 is 0 Å². The summed E-state index contributed by atoms with van der Waals surface area (Å²) in [5.74, 6) is -0.526. The Kier molecular flexibility index (Phi) is 4.99. The monoisotopic (exact) mass is 375 g/mol. The van der Waals surface area contributed by atoms with E-state index in [4.69, 9.17) is 4.52 Å². The van der Waals surface area contributed by atoms with E-state index in [1.54, 1.807) is 0 Å². The van der Waals surface area contributed by atoms with Crippen LogP contribution in [0.5, 0.6) is 0 Å². The van der Waals surface area contributed by atoms with Gasteiger partial charge in [0.05, 0.1) is 11.9 Å². The molecule has 0 unspecified atom stereocenters. The van der Waals surface area contributed by atoms with Crippen molar-refractivity contribution >= 4 is 27.6 Å². The molecule has 8 heteroatoms. The molecule has 1 amide bonds. The molecule has 1 aromatic heterocycles. The number of carbonyl (C=O) groups excluding carboxylic acids is 2. The molecular formula is C14H19BrFN3O3. The summed E-state index contributed by atoms with van der Waals surface area (Å²) in [5.41, 5.74) is -0.338. The first-order chi connectivity index (χ1) is 10.3. The zero-order valence-electron chi connectivity index (χ0n) is 12.8. The largest absolute Gasteiger partial charge is 0.338 e. The summed E-state index contributed by atoms with van der Waals surface area (Å²) in [6.07, 6.45) is -0.471. The van der Waals surface area contributed by atoms with E-state index in [0.717, 1.165) is 6.42 Å². The first-order valence-electron chi connectivity index (χ1n) is 7.18. The SMILES string of the molecule is CCC(C)(C)c1nc(C(=O)[C@@H]2C[C@H](F)CN2C(=O)CBr)no1. The fourth-order valence-corrected chi connectivity index (χ4v) is 2.61. The van der Waals surface area contributed by atoms with Crippen LogP contribution in [-0.2, 0) is 10.2 Å². The topological polar surface area (TPSA) is 76.3 Å². The lowest BCUT2D eigenvalue weighted by Crippen LogP contribution is -2.41. The molecule has 0 aliphatic carbocycles. The highest BCUT2D eigenvalue weighted by Gasteiger charge is 2.41. The molecule has 0 radical (unpaired) electrons. The molecule has 1 aromatic rings. The molecular weight excluding hydrogens is 357 g/mol.